The lowest BCUT2D eigenvalue weighted by Gasteiger charge is -2.27. The van der Waals surface area contributed by atoms with Crippen LogP contribution in [0.4, 0.5) is 0 Å². The maximum absolute atomic E-state index is 13.0. The fraction of sp³-hybridized carbons (Fsp3) is 0.217. The number of rotatable bonds is 4. The SMILES string of the molecule is CSc1nn(-c2ncc(-c3ccccc3)cn2)c2cc(C(=O)N3CCNCC3)ccc12. The van der Waals surface area contributed by atoms with Crippen LogP contribution in [0.15, 0.2) is 66.0 Å². The van der Waals surface area contributed by atoms with Gasteiger partial charge in [0.1, 0.15) is 5.03 Å². The van der Waals surface area contributed by atoms with E-state index in [2.05, 4.69) is 15.3 Å². The zero-order valence-electron chi connectivity index (χ0n) is 17.2. The zero-order valence-corrected chi connectivity index (χ0v) is 18.0. The van der Waals surface area contributed by atoms with Gasteiger partial charge in [-0.15, -0.1) is 11.8 Å². The molecule has 5 rings (SSSR count). The van der Waals surface area contributed by atoms with Gasteiger partial charge in [0, 0.05) is 55.1 Å². The van der Waals surface area contributed by atoms with Crippen LogP contribution in [0.25, 0.3) is 28.0 Å². The fourth-order valence-electron chi connectivity index (χ4n) is 3.78. The van der Waals surface area contributed by atoms with Gasteiger partial charge in [-0.3, -0.25) is 4.79 Å². The van der Waals surface area contributed by atoms with Crippen molar-refractivity contribution in [1.29, 1.82) is 0 Å². The van der Waals surface area contributed by atoms with Crippen LogP contribution in [0.2, 0.25) is 0 Å². The van der Waals surface area contributed by atoms with Crippen molar-refractivity contribution in [2.75, 3.05) is 32.4 Å². The molecular formula is C23H22N6OS. The molecule has 2 aromatic carbocycles. The van der Waals surface area contributed by atoms with Crippen molar-refractivity contribution in [2.24, 2.45) is 0 Å². The van der Waals surface area contributed by atoms with Crippen molar-refractivity contribution in [3.8, 4) is 17.1 Å². The lowest BCUT2D eigenvalue weighted by Crippen LogP contribution is -2.46. The summed E-state index contributed by atoms with van der Waals surface area (Å²) in [4.78, 5) is 24.0. The van der Waals surface area contributed by atoms with Gasteiger partial charge in [-0.25, -0.2) is 9.97 Å². The number of hydrogen-bond donors (Lipinski definition) is 1. The van der Waals surface area contributed by atoms with Crippen molar-refractivity contribution < 1.29 is 4.79 Å². The van der Waals surface area contributed by atoms with Crippen LogP contribution in [-0.2, 0) is 0 Å². The average Bonchev–Trinajstić information content (AvgIpc) is 3.23. The monoisotopic (exact) mass is 430 g/mol. The number of amides is 1. The topological polar surface area (TPSA) is 75.9 Å². The smallest absolute Gasteiger partial charge is 0.254 e. The van der Waals surface area contributed by atoms with Gasteiger partial charge >= 0.3 is 0 Å². The van der Waals surface area contributed by atoms with Gasteiger partial charge in [0.05, 0.1) is 5.52 Å². The first-order chi connectivity index (χ1) is 15.2. The molecule has 0 bridgehead atoms. The molecule has 1 amide bonds. The molecule has 1 aliphatic heterocycles. The van der Waals surface area contributed by atoms with Crippen LogP contribution in [-0.4, -0.2) is 63.0 Å². The van der Waals surface area contributed by atoms with Crippen LogP contribution < -0.4 is 5.32 Å². The second-order valence-electron chi connectivity index (χ2n) is 7.33. The summed E-state index contributed by atoms with van der Waals surface area (Å²) >= 11 is 1.57. The van der Waals surface area contributed by atoms with Gasteiger partial charge in [0.2, 0.25) is 0 Å². The second kappa shape index (κ2) is 8.49. The molecular weight excluding hydrogens is 408 g/mol. The largest absolute Gasteiger partial charge is 0.336 e. The Morgan fingerprint density at radius 1 is 1.00 bits per heavy atom. The summed E-state index contributed by atoms with van der Waals surface area (Å²) in [5.41, 5.74) is 3.50. The summed E-state index contributed by atoms with van der Waals surface area (Å²) in [5.74, 6) is 0.527. The Hall–Kier alpha value is -3.23. The number of carbonyl (C=O) groups is 1. The van der Waals surface area contributed by atoms with Crippen molar-refractivity contribution in [2.45, 2.75) is 5.03 Å². The summed E-state index contributed by atoms with van der Waals surface area (Å²) in [6.45, 7) is 3.08. The van der Waals surface area contributed by atoms with E-state index in [4.69, 9.17) is 5.10 Å². The molecule has 0 radical (unpaired) electrons. The van der Waals surface area contributed by atoms with Gasteiger partial charge in [-0.1, -0.05) is 30.3 Å². The Bertz CT molecular complexity index is 1220. The lowest BCUT2D eigenvalue weighted by atomic mass is 10.1. The van der Waals surface area contributed by atoms with Crippen LogP contribution in [0, 0.1) is 0 Å². The van der Waals surface area contributed by atoms with E-state index in [1.165, 1.54) is 0 Å². The van der Waals surface area contributed by atoms with Gasteiger partial charge in [-0.05, 0) is 30.0 Å². The van der Waals surface area contributed by atoms with Gasteiger partial charge in [0.15, 0.2) is 0 Å². The van der Waals surface area contributed by atoms with E-state index < -0.39 is 0 Å². The first-order valence-electron chi connectivity index (χ1n) is 10.2. The summed E-state index contributed by atoms with van der Waals surface area (Å²) in [5, 5.41) is 9.86. The summed E-state index contributed by atoms with van der Waals surface area (Å²) in [6, 6.07) is 15.8. The number of hydrogen-bond acceptors (Lipinski definition) is 6. The van der Waals surface area contributed by atoms with Crippen molar-refractivity contribution in [1.82, 2.24) is 30.0 Å². The zero-order chi connectivity index (χ0) is 21.2. The molecule has 7 nitrogen and oxygen atoms in total. The summed E-state index contributed by atoms with van der Waals surface area (Å²) in [6.07, 6.45) is 5.60. The minimum atomic E-state index is 0.0437. The van der Waals surface area contributed by atoms with Crippen LogP contribution in [0.5, 0.6) is 0 Å². The normalized spacial score (nSPS) is 14.2. The highest BCUT2D eigenvalue weighted by atomic mass is 32.2. The molecule has 156 valence electrons. The average molecular weight is 431 g/mol. The first-order valence-corrected chi connectivity index (χ1v) is 11.4. The number of nitrogens with zero attached hydrogens (tertiary/aromatic N) is 5. The maximum Gasteiger partial charge on any atom is 0.254 e. The first kappa shape index (κ1) is 19.7. The number of aromatic nitrogens is 4. The van der Waals surface area contributed by atoms with E-state index in [0.29, 0.717) is 11.5 Å². The standard InChI is InChI=1S/C23H22N6OS/c1-31-21-19-8-7-17(22(30)28-11-9-24-10-12-28)13-20(19)29(27-21)23-25-14-18(15-26-23)16-5-3-2-4-6-16/h2-8,13-15,24H,9-12H2,1H3. The van der Waals surface area contributed by atoms with E-state index in [1.54, 1.807) is 28.8 Å². The number of thioether (sulfide) groups is 1. The molecule has 4 aromatic rings. The minimum absolute atomic E-state index is 0.0437. The molecule has 1 aliphatic rings. The predicted octanol–water partition coefficient (Wildman–Crippen LogP) is 3.25. The van der Waals surface area contributed by atoms with Crippen molar-refractivity contribution in [3.05, 3.63) is 66.5 Å². The van der Waals surface area contributed by atoms with E-state index >= 15 is 0 Å². The van der Waals surface area contributed by atoms with Crippen molar-refractivity contribution in [3.63, 3.8) is 0 Å². The number of fused-ring (bicyclic) bond motifs is 1. The van der Waals surface area contributed by atoms with Crippen molar-refractivity contribution >= 4 is 28.6 Å². The van der Waals surface area contributed by atoms with Crippen LogP contribution in [0.1, 0.15) is 10.4 Å². The molecule has 3 heterocycles. The number of benzene rings is 2. The Balaban J connectivity index is 1.54. The molecule has 2 aromatic heterocycles. The highest BCUT2D eigenvalue weighted by Crippen LogP contribution is 2.28. The lowest BCUT2D eigenvalue weighted by molar-refractivity contribution is 0.0736. The predicted molar refractivity (Wildman–Crippen MR) is 123 cm³/mol. The Labute approximate surface area is 184 Å². The van der Waals surface area contributed by atoms with E-state index in [9.17, 15) is 4.79 Å². The fourth-order valence-corrected chi connectivity index (χ4v) is 4.34. The number of carbonyl (C=O) groups excluding carboxylic acids is 1. The van der Waals surface area contributed by atoms with Gasteiger partial charge < -0.3 is 10.2 Å². The molecule has 1 saturated heterocycles. The third-order valence-corrected chi connectivity index (χ3v) is 6.11. The molecule has 0 atom stereocenters. The Morgan fingerprint density at radius 3 is 2.45 bits per heavy atom. The minimum Gasteiger partial charge on any atom is -0.336 e. The van der Waals surface area contributed by atoms with E-state index in [0.717, 1.165) is 53.2 Å². The quantitative estimate of drug-likeness (QED) is 0.501. The second-order valence-corrected chi connectivity index (χ2v) is 8.13. The molecule has 1 fully saturated rings. The van der Waals surface area contributed by atoms with Crippen LogP contribution >= 0.6 is 11.8 Å². The molecule has 0 unspecified atom stereocenters. The van der Waals surface area contributed by atoms with Gasteiger partial charge in [0.25, 0.3) is 11.9 Å². The summed E-state index contributed by atoms with van der Waals surface area (Å²) in [7, 11) is 0. The third-order valence-electron chi connectivity index (χ3n) is 5.43. The molecule has 1 N–H and O–H groups in total. The Morgan fingerprint density at radius 2 is 1.74 bits per heavy atom. The highest BCUT2D eigenvalue weighted by molar-refractivity contribution is 7.98. The highest BCUT2D eigenvalue weighted by Gasteiger charge is 2.20. The maximum atomic E-state index is 13.0. The van der Waals surface area contributed by atoms with E-state index in [-0.39, 0.29) is 5.91 Å². The molecule has 0 aliphatic carbocycles. The van der Waals surface area contributed by atoms with Crippen LogP contribution in [0.3, 0.4) is 0 Å². The molecule has 0 spiro atoms. The van der Waals surface area contributed by atoms with E-state index in [1.807, 2.05) is 59.7 Å². The summed E-state index contributed by atoms with van der Waals surface area (Å²) < 4.78 is 1.73. The van der Waals surface area contributed by atoms with Gasteiger partial charge in [-0.2, -0.15) is 9.78 Å². The molecule has 8 heteroatoms. The number of nitrogens with one attached hydrogen (secondary N) is 1. The third kappa shape index (κ3) is 3.80. The Kier molecular flexibility index (Phi) is 5.40. The number of piperazine rings is 1. The molecule has 0 saturated carbocycles. The molecule has 31 heavy (non-hydrogen) atoms.